The molecule has 1 fully saturated rings. The van der Waals surface area contributed by atoms with Gasteiger partial charge in [0.05, 0.1) is 6.20 Å². The van der Waals surface area contributed by atoms with E-state index >= 15 is 0 Å². The summed E-state index contributed by atoms with van der Waals surface area (Å²) in [4.78, 5) is 33.7. The lowest BCUT2D eigenvalue weighted by atomic mass is 9.97. The first-order valence-electron chi connectivity index (χ1n) is 11.5. The van der Waals surface area contributed by atoms with Crippen molar-refractivity contribution in [1.29, 1.82) is 0 Å². The quantitative estimate of drug-likeness (QED) is 0.546. The van der Waals surface area contributed by atoms with Crippen LogP contribution in [0.25, 0.3) is 0 Å². The number of benzene rings is 1. The molecule has 184 valence electrons. The van der Waals surface area contributed by atoms with Crippen LogP contribution in [0.2, 0.25) is 0 Å². The second kappa shape index (κ2) is 11.1. The van der Waals surface area contributed by atoms with E-state index in [1.807, 2.05) is 25.7 Å². The fraction of sp³-hybridized carbons (Fsp3) is 0.500. The number of carbonyl (C=O) groups is 2. The van der Waals surface area contributed by atoms with Crippen LogP contribution in [-0.4, -0.2) is 47.2 Å². The first-order valence-corrected chi connectivity index (χ1v) is 11.5. The molecule has 1 aliphatic rings. The number of carbonyl (C=O) groups excluding carboxylic acids is 2. The Bertz CT molecular complexity index is 985. The molecule has 1 aromatic carbocycles. The average molecular weight is 473 g/mol. The molecule has 3 N–H and O–H groups in total. The highest BCUT2D eigenvalue weighted by molar-refractivity contribution is 5.90. The molecule has 2 aromatic rings. The molecule has 0 radical (unpaired) electrons. The van der Waals surface area contributed by atoms with E-state index in [1.54, 1.807) is 31.2 Å². The summed E-state index contributed by atoms with van der Waals surface area (Å²) in [5, 5.41) is 8.68. The highest BCUT2D eigenvalue weighted by atomic mass is 19.1. The molecular weight excluding hydrogens is 439 g/mol. The molecule has 1 aromatic heterocycles. The molecule has 0 aliphatic carbocycles. The fourth-order valence-electron chi connectivity index (χ4n) is 3.55. The SMILES string of the molecule is CCC(=O)Nc1ccc(Nc2ncc(F)c(N3CCC(CNC(=O)OC(C)(C)C)CC3)n2)cc1. The Kier molecular flexibility index (Phi) is 8.25. The van der Waals surface area contributed by atoms with Gasteiger partial charge in [-0.25, -0.2) is 14.2 Å². The monoisotopic (exact) mass is 472 g/mol. The van der Waals surface area contributed by atoms with Gasteiger partial charge in [-0.05, 0) is 63.8 Å². The highest BCUT2D eigenvalue weighted by Gasteiger charge is 2.24. The maximum Gasteiger partial charge on any atom is 0.407 e. The van der Waals surface area contributed by atoms with Gasteiger partial charge in [0, 0.05) is 37.4 Å². The number of hydrogen-bond acceptors (Lipinski definition) is 7. The number of aromatic nitrogens is 2. The number of nitrogens with one attached hydrogen (secondary N) is 3. The molecule has 0 bridgehead atoms. The number of rotatable bonds is 7. The Morgan fingerprint density at radius 2 is 1.79 bits per heavy atom. The van der Waals surface area contributed by atoms with Gasteiger partial charge in [0.2, 0.25) is 11.9 Å². The molecular formula is C24H33FN6O3. The minimum Gasteiger partial charge on any atom is -0.444 e. The summed E-state index contributed by atoms with van der Waals surface area (Å²) >= 11 is 0. The molecule has 1 aliphatic heterocycles. The molecule has 10 heteroatoms. The second-order valence-electron chi connectivity index (χ2n) is 9.28. The number of nitrogens with zero attached hydrogens (tertiary/aromatic N) is 3. The minimum atomic E-state index is -0.531. The third kappa shape index (κ3) is 7.57. The van der Waals surface area contributed by atoms with Crippen LogP contribution in [0.4, 0.5) is 32.3 Å². The Morgan fingerprint density at radius 3 is 2.41 bits per heavy atom. The van der Waals surface area contributed by atoms with E-state index in [0.717, 1.165) is 24.7 Å². The van der Waals surface area contributed by atoms with E-state index in [-0.39, 0.29) is 23.6 Å². The zero-order valence-electron chi connectivity index (χ0n) is 20.2. The van der Waals surface area contributed by atoms with Gasteiger partial charge in [0.15, 0.2) is 11.6 Å². The van der Waals surface area contributed by atoms with Gasteiger partial charge in [-0.2, -0.15) is 4.98 Å². The summed E-state index contributed by atoms with van der Waals surface area (Å²) < 4.78 is 19.8. The third-order valence-corrected chi connectivity index (χ3v) is 5.32. The van der Waals surface area contributed by atoms with Crippen LogP contribution in [0.1, 0.15) is 47.0 Å². The molecule has 0 atom stereocenters. The van der Waals surface area contributed by atoms with E-state index in [0.29, 0.717) is 31.7 Å². The molecule has 2 amide bonds. The van der Waals surface area contributed by atoms with Crippen LogP contribution in [0.15, 0.2) is 30.5 Å². The molecule has 2 heterocycles. The minimum absolute atomic E-state index is 0.0587. The molecule has 9 nitrogen and oxygen atoms in total. The van der Waals surface area contributed by atoms with Crippen molar-refractivity contribution in [3.05, 3.63) is 36.3 Å². The zero-order chi connectivity index (χ0) is 24.7. The molecule has 3 rings (SSSR count). The van der Waals surface area contributed by atoms with Crippen LogP contribution < -0.4 is 20.9 Å². The van der Waals surface area contributed by atoms with Crippen molar-refractivity contribution in [2.45, 2.75) is 52.6 Å². The highest BCUT2D eigenvalue weighted by Crippen LogP contribution is 2.25. The summed E-state index contributed by atoms with van der Waals surface area (Å²) in [5.74, 6) is 0.293. The smallest absolute Gasteiger partial charge is 0.407 e. The van der Waals surface area contributed by atoms with Gasteiger partial charge in [0.1, 0.15) is 5.60 Å². The van der Waals surface area contributed by atoms with Crippen LogP contribution in [-0.2, 0) is 9.53 Å². The lowest BCUT2D eigenvalue weighted by Gasteiger charge is -2.33. The van der Waals surface area contributed by atoms with Crippen molar-refractivity contribution in [3.63, 3.8) is 0 Å². The van der Waals surface area contributed by atoms with Crippen molar-refractivity contribution in [1.82, 2.24) is 15.3 Å². The molecule has 1 saturated heterocycles. The predicted molar refractivity (Wildman–Crippen MR) is 130 cm³/mol. The summed E-state index contributed by atoms with van der Waals surface area (Å²) in [7, 11) is 0. The Labute approximate surface area is 199 Å². The van der Waals surface area contributed by atoms with Crippen molar-refractivity contribution in [3.8, 4) is 0 Å². The normalized spacial score (nSPS) is 14.4. The lowest BCUT2D eigenvalue weighted by Crippen LogP contribution is -2.40. The maximum atomic E-state index is 14.5. The van der Waals surface area contributed by atoms with Gasteiger partial charge >= 0.3 is 6.09 Å². The molecule has 34 heavy (non-hydrogen) atoms. The number of hydrogen-bond donors (Lipinski definition) is 3. The van der Waals surface area contributed by atoms with E-state index in [4.69, 9.17) is 4.74 Å². The van der Waals surface area contributed by atoms with E-state index in [9.17, 15) is 14.0 Å². The van der Waals surface area contributed by atoms with E-state index in [2.05, 4.69) is 25.9 Å². The van der Waals surface area contributed by atoms with Crippen molar-refractivity contribution < 1.29 is 18.7 Å². The molecule has 0 saturated carbocycles. The van der Waals surface area contributed by atoms with Crippen LogP contribution >= 0.6 is 0 Å². The van der Waals surface area contributed by atoms with Crippen LogP contribution in [0.3, 0.4) is 0 Å². The Hall–Kier alpha value is -3.43. The van der Waals surface area contributed by atoms with Gasteiger partial charge < -0.3 is 25.6 Å². The van der Waals surface area contributed by atoms with Gasteiger partial charge in [-0.1, -0.05) is 6.92 Å². The van der Waals surface area contributed by atoms with Crippen molar-refractivity contribution >= 4 is 35.1 Å². The second-order valence-corrected chi connectivity index (χ2v) is 9.28. The zero-order valence-corrected chi connectivity index (χ0v) is 20.2. The van der Waals surface area contributed by atoms with Crippen molar-refractivity contribution in [2.24, 2.45) is 5.92 Å². The van der Waals surface area contributed by atoms with Crippen molar-refractivity contribution in [2.75, 3.05) is 35.2 Å². The number of amides is 2. The predicted octanol–water partition coefficient (Wildman–Crippen LogP) is 4.45. The Balaban J connectivity index is 1.54. The van der Waals surface area contributed by atoms with E-state index < -0.39 is 17.5 Å². The largest absolute Gasteiger partial charge is 0.444 e. The van der Waals surface area contributed by atoms with Gasteiger partial charge in [-0.15, -0.1) is 0 Å². The third-order valence-electron chi connectivity index (χ3n) is 5.32. The number of ether oxygens (including phenoxy) is 1. The fourth-order valence-corrected chi connectivity index (χ4v) is 3.55. The van der Waals surface area contributed by atoms with Gasteiger partial charge in [0.25, 0.3) is 0 Å². The summed E-state index contributed by atoms with van der Waals surface area (Å²) in [6.45, 7) is 9.04. The topological polar surface area (TPSA) is 108 Å². The number of alkyl carbamates (subject to hydrolysis) is 1. The van der Waals surface area contributed by atoms with Crippen LogP contribution in [0, 0.1) is 11.7 Å². The maximum absolute atomic E-state index is 14.5. The number of halogens is 1. The van der Waals surface area contributed by atoms with Gasteiger partial charge in [-0.3, -0.25) is 4.79 Å². The average Bonchev–Trinajstić information content (AvgIpc) is 2.79. The lowest BCUT2D eigenvalue weighted by molar-refractivity contribution is -0.115. The summed E-state index contributed by atoms with van der Waals surface area (Å²) in [6, 6.07) is 7.13. The number of piperidine rings is 1. The van der Waals surface area contributed by atoms with E-state index in [1.165, 1.54) is 0 Å². The molecule has 0 unspecified atom stereocenters. The summed E-state index contributed by atoms with van der Waals surface area (Å²) in [5.41, 5.74) is 0.887. The first kappa shape index (κ1) is 25.2. The standard InChI is InChI=1S/C24H33FN6O3/c1-5-20(32)28-17-6-8-18(9-7-17)29-22-26-15-19(25)21(30-22)31-12-10-16(11-13-31)14-27-23(33)34-24(2,3)4/h6-9,15-16H,5,10-14H2,1-4H3,(H,27,33)(H,28,32)(H,26,29,30). The molecule has 0 spiro atoms. The van der Waals surface area contributed by atoms with Crippen LogP contribution in [0.5, 0.6) is 0 Å². The Morgan fingerprint density at radius 1 is 1.15 bits per heavy atom. The number of anilines is 4. The summed E-state index contributed by atoms with van der Waals surface area (Å²) in [6.07, 6.45) is 2.74. The first-order chi connectivity index (χ1) is 16.1.